The Hall–Kier alpha value is -2.19. The lowest BCUT2D eigenvalue weighted by Crippen LogP contribution is -2.40. The number of hydrogen-bond donors (Lipinski definition) is 0. The van der Waals surface area contributed by atoms with Gasteiger partial charge in [-0.05, 0) is 12.1 Å². The summed E-state index contributed by atoms with van der Waals surface area (Å²) in [4.78, 5) is 0.221. The van der Waals surface area contributed by atoms with Gasteiger partial charge >= 0.3 is 0 Å². The smallest absolute Gasteiger partial charge is 0.243 e. The third-order valence-electron chi connectivity index (χ3n) is 4.17. The zero-order valence-corrected chi connectivity index (χ0v) is 17.0. The van der Waals surface area contributed by atoms with Gasteiger partial charge in [0.05, 0.1) is 24.2 Å². The summed E-state index contributed by atoms with van der Waals surface area (Å²) in [5.41, 5.74) is 0.663. The third-order valence-corrected chi connectivity index (χ3v) is 7.04. The SMILES string of the molecule is C=CCn1c(SCCC#N)nnc1-c1cccc(S(=O)(=O)N2CCOCC2)c1. The van der Waals surface area contributed by atoms with Crippen LogP contribution in [-0.2, 0) is 21.3 Å². The Bertz CT molecular complexity index is 975. The fourth-order valence-electron chi connectivity index (χ4n) is 2.82. The van der Waals surface area contributed by atoms with Gasteiger partial charge in [-0.2, -0.15) is 9.57 Å². The minimum absolute atomic E-state index is 0.221. The van der Waals surface area contributed by atoms with Crippen molar-refractivity contribution in [1.29, 1.82) is 5.26 Å². The predicted molar refractivity (Wildman–Crippen MR) is 106 cm³/mol. The number of thioether (sulfide) groups is 1. The van der Waals surface area contributed by atoms with Gasteiger partial charge in [-0.3, -0.25) is 4.57 Å². The van der Waals surface area contributed by atoms with E-state index in [2.05, 4.69) is 22.8 Å². The predicted octanol–water partition coefficient (Wildman–Crippen LogP) is 2.16. The molecule has 0 atom stereocenters. The van der Waals surface area contributed by atoms with E-state index in [0.29, 0.717) is 61.6 Å². The Morgan fingerprint density at radius 1 is 1.32 bits per heavy atom. The molecule has 148 valence electrons. The molecular weight excluding hydrogens is 398 g/mol. The second-order valence-corrected chi connectivity index (χ2v) is 9.01. The van der Waals surface area contributed by atoms with Crippen LogP contribution in [0.4, 0.5) is 0 Å². The second-order valence-electron chi connectivity index (χ2n) is 6.01. The van der Waals surface area contributed by atoms with Crippen LogP contribution >= 0.6 is 11.8 Å². The van der Waals surface area contributed by atoms with Crippen LogP contribution in [0.5, 0.6) is 0 Å². The summed E-state index contributed by atoms with van der Waals surface area (Å²) in [6.07, 6.45) is 2.14. The number of morpholine rings is 1. The minimum Gasteiger partial charge on any atom is -0.379 e. The maximum Gasteiger partial charge on any atom is 0.243 e. The molecule has 2 aromatic rings. The van der Waals surface area contributed by atoms with Gasteiger partial charge in [0.1, 0.15) is 0 Å². The van der Waals surface area contributed by atoms with Crippen LogP contribution in [0.25, 0.3) is 11.4 Å². The molecule has 1 saturated heterocycles. The molecule has 0 bridgehead atoms. The van der Waals surface area contributed by atoms with Gasteiger partial charge in [0.25, 0.3) is 0 Å². The maximum atomic E-state index is 12.9. The molecule has 0 amide bonds. The van der Waals surface area contributed by atoms with E-state index in [1.54, 1.807) is 24.3 Å². The average molecular weight is 420 g/mol. The second kappa shape index (κ2) is 9.34. The zero-order valence-electron chi connectivity index (χ0n) is 15.3. The molecule has 0 N–H and O–H groups in total. The number of rotatable bonds is 8. The molecule has 2 heterocycles. The summed E-state index contributed by atoms with van der Waals surface area (Å²) < 4.78 is 34.4. The van der Waals surface area contributed by atoms with Crippen LogP contribution in [0.3, 0.4) is 0 Å². The molecule has 0 unspecified atom stereocenters. The van der Waals surface area contributed by atoms with E-state index in [9.17, 15) is 8.42 Å². The first kappa shape index (κ1) is 20.5. The van der Waals surface area contributed by atoms with Crippen LogP contribution in [-0.4, -0.2) is 59.5 Å². The topological polar surface area (TPSA) is 101 Å². The number of aromatic nitrogens is 3. The summed E-state index contributed by atoms with van der Waals surface area (Å²) in [6, 6.07) is 8.83. The largest absolute Gasteiger partial charge is 0.379 e. The standard InChI is InChI=1S/C18H21N5O3S2/c1-2-8-23-17(20-21-18(23)27-13-4-7-19)15-5-3-6-16(14-15)28(24,25)22-9-11-26-12-10-22/h2-3,5-6,14H,1,4,8-13H2. The Balaban J connectivity index is 1.93. The van der Waals surface area contributed by atoms with Gasteiger partial charge in [0.15, 0.2) is 11.0 Å². The first-order chi connectivity index (χ1) is 13.6. The molecule has 1 aliphatic heterocycles. The number of nitriles is 1. The van der Waals surface area contributed by atoms with Crippen LogP contribution in [0, 0.1) is 11.3 Å². The Kier molecular flexibility index (Phi) is 6.85. The van der Waals surface area contributed by atoms with Crippen molar-refractivity contribution in [3.63, 3.8) is 0 Å². The normalized spacial score (nSPS) is 15.2. The van der Waals surface area contributed by atoms with Gasteiger partial charge in [0, 0.05) is 37.4 Å². The highest BCUT2D eigenvalue weighted by Gasteiger charge is 2.27. The van der Waals surface area contributed by atoms with Crippen molar-refractivity contribution in [1.82, 2.24) is 19.1 Å². The highest BCUT2D eigenvalue weighted by atomic mass is 32.2. The molecule has 1 aromatic heterocycles. The van der Waals surface area contributed by atoms with E-state index in [-0.39, 0.29) is 4.90 Å². The molecule has 1 aliphatic rings. The van der Waals surface area contributed by atoms with Gasteiger partial charge in [-0.1, -0.05) is 30.0 Å². The lowest BCUT2D eigenvalue weighted by molar-refractivity contribution is 0.0730. The molecule has 1 aromatic carbocycles. The van der Waals surface area contributed by atoms with Crippen molar-refractivity contribution in [2.24, 2.45) is 0 Å². The Morgan fingerprint density at radius 2 is 2.11 bits per heavy atom. The van der Waals surface area contributed by atoms with E-state index < -0.39 is 10.0 Å². The number of allylic oxidation sites excluding steroid dienone is 1. The van der Waals surface area contributed by atoms with Crippen molar-refractivity contribution >= 4 is 21.8 Å². The molecule has 28 heavy (non-hydrogen) atoms. The summed E-state index contributed by atoms with van der Waals surface area (Å²) in [6.45, 7) is 5.75. The molecular formula is C18H21N5O3S2. The van der Waals surface area contributed by atoms with E-state index in [1.807, 2.05) is 10.6 Å². The van der Waals surface area contributed by atoms with Crippen LogP contribution < -0.4 is 0 Å². The zero-order chi connectivity index (χ0) is 20.0. The molecule has 0 aliphatic carbocycles. The number of nitrogens with zero attached hydrogens (tertiary/aromatic N) is 5. The quantitative estimate of drug-likeness (QED) is 0.367. The lowest BCUT2D eigenvalue weighted by Gasteiger charge is -2.26. The Morgan fingerprint density at radius 3 is 2.82 bits per heavy atom. The first-order valence-electron chi connectivity index (χ1n) is 8.80. The number of sulfonamides is 1. The summed E-state index contributed by atoms with van der Waals surface area (Å²) in [5, 5.41) is 17.9. The molecule has 0 radical (unpaired) electrons. The van der Waals surface area contributed by atoms with Crippen LogP contribution in [0.2, 0.25) is 0 Å². The monoisotopic (exact) mass is 419 g/mol. The fourth-order valence-corrected chi connectivity index (χ4v) is 5.07. The average Bonchev–Trinajstić information content (AvgIpc) is 3.12. The van der Waals surface area contributed by atoms with Crippen molar-refractivity contribution in [2.45, 2.75) is 23.0 Å². The molecule has 0 spiro atoms. The molecule has 0 saturated carbocycles. The number of benzene rings is 1. The van der Waals surface area contributed by atoms with E-state index in [1.165, 1.54) is 16.1 Å². The number of ether oxygens (including phenoxy) is 1. The fraction of sp³-hybridized carbons (Fsp3) is 0.389. The number of hydrogen-bond acceptors (Lipinski definition) is 7. The van der Waals surface area contributed by atoms with Gasteiger partial charge in [0.2, 0.25) is 10.0 Å². The van der Waals surface area contributed by atoms with Crippen molar-refractivity contribution in [3.8, 4) is 17.5 Å². The maximum absolute atomic E-state index is 12.9. The van der Waals surface area contributed by atoms with Crippen LogP contribution in [0.15, 0.2) is 47.0 Å². The highest BCUT2D eigenvalue weighted by Crippen LogP contribution is 2.27. The summed E-state index contributed by atoms with van der Waals surface area (Å²) in [7, 11) is -3.59. The Labute approximate surface area is 168 Å². The molecule has 10 heteroatoms. The molecule has 1 fully saturated rings. The highest BCUT2D eigenvalue weighted by molar-refractivity contribution is 7.99. The lowest BCUT2D eigenvalue weighted by atomic mass is 10.2. The molecule has 3 rings (SSSR count). The van der Waals surface area contributed by atoms with E-state index >= 15 is 0 Å². The van der Waals surface area contributed by atoms with E-state index in [0.717, 1.165) is 0 Å². The molecule has 8 nitrogen and oxygen atoms in total. The van der Waals surface area contributed by atoms with Gasteiger partial charge < -0.3 is 4.74 Å². The van der Waals surface area contributed by atoms with E-state index in [4.69, 9.17) is 10.00 Å². The van der Waals surface area contributed by atoms with Gasteiger partial charge in [-0.15, -0.1) is 16.8 Å². The van der Waals surface area contributed by atoms with Crippen molar-refractivity contribution in [2.75, 3.05) is 32.1 Å². The van der Waals surface area contributed by atoms with Crippen molar-refractivity contribution < 1.29 is 13.2 Å². The first-order valence-corrected chi connectivity index (χ1v) is 11.2. The van der Waals surface area contributed by atoms with Gasteiger partial charge in [-0.25, -0.2) is 8.42 Å². The minimum atomic E-state index is -3.59. The summed E-state index contributed by atoms with van der Waals surface area (Å²) in [5.74, 6) is 1.18. The summed E-state index contributed by atoms with van der Waals surface area (Å²) >= 11 is 1.44. The van der Waals surface area contributed by atoms with Crippen molar-refractivity contribution in [3.05, 3.63) is 36.9 Å². The third kappa shape index (κ3) is 4.44. The van der Waals surface area contributed by atoms with Crippen LogP contribution in [0.1, 0.15) is 6.42 Å².